The first-order chi connectivity index (χ1) is 12.5. The number of benzene rings is 3. The SMILES string of the molecule is CC(C)Oc1ccc(NC(=O)[C@@H](C)Oc2ccc3ccccc3c2)cc1. The molecule has 3 aromatic carbocycles. The zero-order chi connectivity index (χ0) is 18.5. The third-order valence-electron chi connectivity index (χ3n) is 3.90. The van der Waals surface area contributed by atoms with Gasteiger partial charge in [0.05, 0.1) is 6.10 Å². The Hall–Kier alpha value is -3.01. The van der Waals surface area contributed by atoms with Gasteiger partial charge in [-0.15, -0.1) is 0 Å². The molecule has 0 radical (unpaired) electrons. The summed E-state index contributed by atoms with van der Waals surface area (Å²) in [7, 11) is 0. The van der Waals surface area contributed by atoms with Crippen LogP contribution in [0.1, 0.15) is 20.8 Å². The fourth-order valence-corrected chi connectivity index (χ4v) is 2.63. The van der Waals surface area contributed by atoms with Gasteiger partial charge < -0.3 is 14.8 Å². The highest BCUT2D eigenvalue weighted by molar-refractivity contribution is 5.94. The molecular weight excluding hydrogens is 326 g/mol. The van der Waals surface area contributed by atoms with E-state index in [2.05, 4.69) is 5.32 Å². The van der Waals surface area contributed by atoms with Gasteiger partial charge in [0.1, 0.15) is 11.5 Å². The number of carbonyl (C=O) groups excluding carboxylic acids is 1. The molecule has 0 saturated carbocycles. The molecule has 0 spiro atoms. The van der Waals surface area contributed by atoms with Crippen LogP contribution in [0.2, 0.25) is 0 Å². The Bertz CT molecular complexity index is 887. The summed E-state index contributed by atoms with van der Waals surface area (Å²) in [6.45, 7) is 5.68. The van der Waals surface area contributed by atoms with Crippen LogP contribution in [0.5, 0.6) is 11.5 Å². The van der Waals surface area contributed by atoms with E-state index in [9.17, 15) is 4.79 Å². The van der Waals surface area contributed by atoms with Gasteiger partial charge in [0.2, 0.25) is 0 Å². The van der Waals surface area contributed by atoms with Crippen LogP contribution in [-0.2, 0) is 4.79 Å². The van der Waals surface area contributed by atoms with Gasteiger partial charge in [0.25, 0.3) is 5.91 Å². The lowest BCUT2D eigenvalue weighted by molar-refractivity contribution is -0.122. The zero-order valence-corrected chi connectivity index (χ0v) is 15.2. The molecule has 3 aromatic rings. The smallest absolute Gasteiger partial charge is 0.265 e. The summed E-state index contributed by atoms with van der Waals surface area (Å²) in [6.07, 6.45) is -0.492. The largest absolute Gasteiger partial charge is 0.491 e. The van der Waals surface area contributed by atoms with E-state index in [-0.39, 0.29) is 12.0 Å². The summed E-state index contributed by atoms with van der Waals surface area (Å²) in [5, 5.41) is 5.08. The second-order valence-electron chi connectivity index (χ2n) is 6.45. The van der Waals surface area contributed by atoms with Crippen LogP contribution in [0.25, 0.3) is 10.8 Å². The highest BCUT2D eigenvalue weighted by Gasteiger charge is 2.15. The molecule has 0 aromatic heterocycles. The van der Waals surface area contributed by atoms with Crippen molar-refractivity contribution in [3.05, 3.63) is 66.7 Å². The van der Waals surface area contributed by atoms with Crippen molar-refractivity contribution >= 4 is 22.4 Å². The fraction of sp³-hybridized carbons (Fsp3) is 0.227. The lowest BCUT2D eigenvalue weighted by Gasteiger charge is -2.16. The van der Waals surface area contributed by atoms with Crippen LogP contribution in [-0.4, -0.2) is 18.1 Å². The summed E-state index contributed by atoms with van der Waals surface area (Å²) in [5.74, 6) is 1.25. The molecule has 0 aliphatic carbocycles. The van der Waals surface area contributed by atoms with E-state index < -0.39 is 6.10 Å². The number of nitrogens with one attached hydrogen (secondary N) is 1. The normalized spacial score (nSPS) is 12.0. The Labute approximate surface area is 153 Å². The summed E-state index contributed by atoms with van der Waals surface area (Å²) in [6, 6.07) is 21.2. The van der Waals surface area contributed by atoms with Crippen molar-refractivity contribution in [2.24, 2.45) is 0 Å². The quantitative estimate of drug-likeness (QED) is 0.679. The number of anilines is 1. The minimum absolute atomic E-state index is 0.116. The van der Waals surface area contributed by atoms with E-state index in [0.717, 1.165) is 16.5 Å². The van der Waals surface area contributed by atoms with Gasteiger partial charge in [0, 0.05) is 5.69 Å². The van der Waals surface area contributed by atoms with Crippen molar-refractivity contribution in [1.29, 1.82) is 0 Å². The molecule has 0 aliphatic rings. The molecule has 26 heavy (non-hydrogen) atoms. The third kappa shape index (κ3) is 4.54. The number of fused-ring (bicyclic) bond motifs is 1. The van der Waals surface area contributed by atoms with E-state index in [1.807, 2.05) is 80.6 Å². The standard InChI is InChI=1S/C22H23NO3/c1-15(2)25-20-12-9-19(10-13-20)23-22(24)16(3)26-21-11-8-17-6-4-5-7-18(17)14-21/h4-16H,1-3H3,(H,23,24)/t16-/m1/s1. The average molecular weight is 349 g/mol. The van der Waals surface area contributed by atoms with Gasteiger partial charge in [-0.25, -0.2) is 0 Å². The maximum absolute atomic E-state index is 12.4. The Kier molecular flexibility index (Phi) is 5.42. The minimum atomic E-state index is -0.609. The van der Waals surface area contributed by atoms with Crippen molar-refractivity contribution < 1.29 is 14.3 Å². The first-order valence-electron chi connectivity index (χ1n) is 8.74. The molecule has 4 nitrogen and oxygen atoms in total. The topological polar surface area (TPSA) is 47.6 Å². The second kappa shape index (κ2) is 7.91. The lowest BCUT2D eigenvalue weighted by Crippen LogP contribution is -2.30. The van der Waals surface area contributed by atoms with Gasteiger partial charge in [-0.1, -0.05) is 30.3 Å². The average Bonchev–Trinajstić information content (AvgIpc) is 2.62. The molecule has 0 heterocycles. The molecule has 1 amide bonds. The molecule has 134 valence electrons. The molecule has 1 N–H and O–H groups in total. The number of rotatable bonds is 6. The van der Waals surface area contributed by atoms with Gasteiger partial charge in [-0.2, -0.15) is 0 Å². The summed E-state index contributed by atoms with van der Waals surface area (Å²) < 4.78 is 11.4. The van der Waals surface area contributed by atoms with Gasteiger partial charge in [-0.3, -0.25) is 4.79 Å². The zero-order valence-electron chi connectivity index (χ0n) is 15.2. The van der Waals surface area contributed by atoms with E-state index in [1.165, 1.54) is 0 Å². The Balaban J connectivity index is 1.61. The molecule has 0 fully saturated rings. The number of carbonyl (C=O) groups is 1. The van der Waals surface area contributed by atoms with Crippen LogP contribution in [0.3, 0.4) is 0 Å². The maximum atomic E-state index is 12.4. The van der Waals surface area contributed by atoms with Crippen molar-refractivity contribution in [3.63, 3.8) is 0 Å². The number of ether oxygens (including phenoxy) is 2. The molecule has 0 saturated heterocycles. The summed E-state index contributed by atoms with van der Waals surface area (Å²) >= 11 is 0. The van der Waals surface area contributed by atoms with Crippen molar-refractivity contribution in [1.82, 2.24) is 0 Å². The number of amides is 1. The van der Waals surface area contributed by atoms with Crippen molar-refractivity contribution in [2.75, 3.05) is 5.32 Å². The Morgan fingerprint density at radius 2 is 1.46 bits per heavy atom. The van der Waals surface area contributed by atoms with Gasteiger partial charge in [0.15, 0.2) is 6.10 Å². The molecule has 0 aliphatic heterocycles. The third-order valence-corrected chi connectivity index (χ3v) is 3.90. The molecule has 4 heteroatoms. The minimum Gasteiger partial charge on any atom is -0.491 e. The highest BCUT2D eigenvalue weighted by atomic mass is 16.5. The predicted molar refractivity (Wildman–Crippen MR) is 105 cm³/mol. The van der Waals surface area contributed by atoms with Crippen LogP contribution in [0.15, 0.2) is 66.7 Å². The first-order valence-corrected chi connectivity index (χ1v) is 8.74. The van der Waals surface area contributed by atoms with Crippen molar-refractivity contribution in [3.8, 4) is 11.5 Å². The van der Waals surface area contributed by atoms with E-state index in [1.54, 1.807) is 6.92 Å². The number of hydrogen-bond donors (Lipinski definition) is 1. The van der Waals surface area contributed by atoms with Crippen LogP contribution >= 0.6 is 0 Å². The lowest BCUT2D eigenvalue weighted by atomic mass is 10.1. The first kappa shape index (κ1) is 17.8. The van der Waals surface area contributed by atoms with E-state index in [0.29, 0.717) is 11.4 Å². The molecule has 1 atom stereocenters. The summed E-state index contributed by atoms with van der Waals surface area (Å²) in [5.41, 5.74) is 0.708. The maximum Gasteiger partial charge on any atom is 0.265 e. The highest BCUT2D eigenvalue weighted by Crippen LogP contribution is 2.22. The van der Waals surface area contributed by atoms with Crippen LogP contribution in [0, 0.1) is 0 Å². The van der Waals surface area contributed by atoms with E-state index in [4.69, 9.17) is 9.47 Å². The monoisotopic (exact) mass is 349 g/mol. The predicted octanol–water partition coefficient (Wildman–Crippen LogP) is 5.03. The van der Waals surface area contributed by atoms with Crippen molar-refractivity contribution in [2.45, 2.75) is 33.0 Å². The molecule has 3 rings (SSSR count). The Morgan fingerprint density at radius 1 is 0.808 bits per heavy atom. The van der Waals surface area contributed by atoms with Crippen LogP contribution in [0.4, 0.5) is 5.69 Å². The second-order valence-corrected chi connectivity index (χ2v) is 6.45. The fourth-order valence-electron chi connectivity index (χ4n) is 2.63. The van der Waals surface area contributed by atoms with Gasteiger partial charge in [-0.05, 0) is 67.9 Å². The van der Waals surface area contributed by atoms with E-state index >= 15 is 0 Å². The Morgan fingerprint density at radius 3 is 2.15 bits per heavy atom. The summed E-state index contributed by atoms with van der Waals surface area (Å²) in [4.78, 5) is 12.4. The molecule has 0 bridgehead atoms. The van der Waals surface area contributed by atoms with Gasteiger partial charge >= 0.3 is 0 Å². The number of hydrogen-bond acceptors (Lipinski definition) is 3. The molecule has 0 unspecified atom stereocenters. The van der Waals surface area contributed by atoms with Crippen LogP contribution < -0.4 is 14.8 Å². The molecular formula is C22H23NO3.